The molecule has 2 nitrogen and oxygen atoms in total. The van der Waals surface area contributed by atoms with Crippen LogP contribution in [0, 0.1) is 5.41 Å². The average Bonchev–Trinajstić information content (AvgIpc) is 1.81. The first-order chi connectivity index (χ1) is 5.71. The fraction of sp³-hybridized carbons (Fsp3) is 1.00. The monoisotopic (exact) mass is 188 g/mol. The van der Waals surface area contributed by atoms with E-state index in [4.69, 9.17) is 4.74 Å². The smallest absolute Gasteiger partial charge is 0.102 e. The summed E-state index contributed by atoms with van der Waals surface area (Å²) in [6.07, 6.45) is 1.14. The zero-order valence-corrected chi connectivity index (χ0v) is 10.2. The van der Waals surface area contributed by atoms with Gasteiger partial charge in [-0.3, -0.25) is 0 Å². The first kappa shape index (κ1) is 12.9. The van der Waals surface area contributed by atoms with Crippen molar-refractivity contribution in [2.75, 3.05) is 40.9 Å². The molecule has 0 radical (unpaired) electrons. The Labute approximate surface area is 83.5 Å². The van der Waals surface area contributed by atoms with Gasteiger partial charge in [-0.1, -0.05) is 20.8 Å². The number of hydrogen-bond acceptors (Lipinski definition) is 1. The van der Waals surface area contributed by atoms with Crippen LogP contribution < -0.4 is 0 Å². The lowest BCUT2D eigenvalue weighted by Gasteiger charge is -2.24. The summed E-state index contributed by atoms with van der Waals surface area (Å²) in [5.74, 6) is 0. The van der Waals surface area contributed by atoms with Crippen LogP contribution in [0.3, 0.4) is 0 Å². The predicted octanol–water partition coefficient (Wildman–Crippen LogP) is 2.15. The van der Waals surface area contributed by atoms with Crippen molar-refractivity contribution >= 4 is 0 Å². The maximum absolute atomic E-state index is 5.57. The quantitative estimate of drug-likeness (QED) is 0.474. The molecule has 0 N–H and O–H groups in total. The molecule has 2 heteroatoms. The molecule has 0 heterocycles. The Morgan fingerprint density at radius 1 is 1.00 bits per heavy atom. The number of likely N-dealkylation sites (N-methyl/N-ethyl adjacent to an activating group) is 1. The topological polar surface area (TPSA) is 9.23 Å². The van der Waals surface area contributed by atoms with E-state index in [0.29, 0.717) is 5.41 Å². The molecule has 0 rings (SSSR count). The van der Waals surface area contributed by atoms with E-state index in [1.54, 1.807) is 0 Å². The van der Waals surface area contributed by atoms with E-state index in [1.807, 2.05) is 0 Å². The molecule has 0 saturated carbocycles. The number of ether oxygens (including phenoxy) is 1. The average molecular weight is 188 g/mol. The molecule has 0 unspecified atom stereocenters. The van der Waals surface area contributed by atoms with Crippen molar-refractivity contribution in [3.63, 3.8) is 0 Å². The SMILES string of the molecule is CC(C)(C)CCOCC[N+](C)(C)C. The van der Waals surface area contributed by atoms with Gasteiger partial charge in [0.1, 0.15) is 6.54 Å². The Kier molecular flexibility index (Phi) is 4.93. The van der Waals surface area contributed by atoms with Crippen LogP contribution in [0.1, 0.15) is 27.2 Å². The minimum atomic E-state index is 0.399. The molecule has 13 heavy (non-hydrogen) atoms. The molecule has 0 aliphatic carbocycles. The summed E-state index contributed by atoms with van der Waals surface area (Å²) in [5, 5.41) is 0. The molecule has 0 aromatic heterocycles. The molecule has 0 atom stereocenters. The van der Waals surface area contributed by atoms with Gasteiger partial charge in [-0.15, -0.1) is 0 Å². The molecule has 0 aliphatic rings. The number of rotatable bonds is 5. The third-order valence-corrected chi connectivity index (χ3v) is 1.90. The molecule has 0 aromatic rings. The van der Waals surface area contributed by atoms with Crippen molar-refractivity contribution in [2.45, 2.75) is 27.2 Å². The molecule has 0 bridgehead atoms. The predicted molar refractivity (Wildman–Crippen MR) is 57.8 cm³/mol. The van der Waals surface area contributed by atoms with E-state index in [0.717, 1.165) is 30.7 Å². The highest BCUT2D eigenvalue weighted by atomic mass is 16.5. The normalized spacial score (nSPS) is 13.4. The van der Waals surface area contributed by atoms with Gasteiger partial charge in [0.15, 0.2) is 0 Å². The second-order valence-electron chi connectivity index (χ2n) is 5.94. The zero-order valence-electron chi connectivity index (χ0n) is 10.2. The summed E-state index contributed by atoms with van der Waals surface area (Å²) in [5.41, 5.74) is 0.399. The van der Waals surface area contributed by atoms with Crippen molar-refractivity contribution in [1.82, 2.24) is 0 Å². The summed E-state index contributed by atoms with van der Waals surface area (Å²) in [6.45, 7) is 9.59. The van der Waals surface area contributed by atoms with Gasteiger partial charge < -0.3 is 9.22 Å². The van der Waals surface area contributed by atoms with Crippen molar-refractivity contribution in [2.24, 2.45) is 5.41 Å². The van der Waals surface area contributed by atoms with Crippen LogP contribution in [-0.2, 0) is 4.74 Å². The molecular formula is C11H26NO+. The highest BCUT2D eigenvalue weighted by molar-refractivity contribution is 4.59. The van der Waals surface area contributed by atoms with E-state index in [9.17, 15) is 0 Å². The Bertz CT molecular complexity index is 114. The Morgan fingerprint density at radius 3 is 1.92 bits per heavy atom. The zero-order chi connectivity index (χ0) is 10.5. The maximum Gasteiger partial charge on any atom is 0.102 e. The summed E-state index contributed by atoms with van der Waals surface area (Å²) >= 11 is 0. The molecule has 0 saturated heterocycles. The van der Waals surface area contributed by atoms with Crippen LogP contribution in [0.15, 0.2) is 0 Å². The molecule has 0 aliphatic heterocycles. The summed E-state index contributed by atoms with van der Waals surface area (Å²) in [4.78, 5) is 0. The fourth-order valence-electron chi connectivity index (χ4n) is 0.819. The lowest BCUT2D eigenvalue weighted by molar-refractivity contribution is -0.870. The van der Waals surface area contributed by atoms with E-state index >= 15 is 0 Å². The lowest BCUT2D eigenvalue weighted by atomic mass is 9.93. The second-order valence-corrected chi connectivity index (χ2v) is 5.94. The Morgan fingerprint density at radius 2 is 1.54 bits per heavy atom. The first-order valence-electron chi connectivity index (χ1n) is 5.09. The Balaban J connectivity index is 3.28. The highest BCUT2D eigenvalue weighted by Crippen LogP contribution is 2.17. The molecule has 0 aromatic carbocycles. The summed E-state index contributed by atoms with van der Waals surface area (Å²) in [6, 6.07) is 0. The first-order valence-corrected chi connectivity index (χ1v) is 5.09. The van der Waals surface area contributed by atoms with Crippen LogP contribution in [0.2, 0.25) is 0 Å². The summed E-state index contributed by atoms with van der Waals surface area (Å²) in [7, 11) is 6.56. The lowest BCUT2D eigenvalue weighted by Crippen LogP contribution is -2.37. The standard InChI is InChI=1S/C11H26NO/c1-11(2,3)7-9-13-10-8-12(4,5)6/h7-10H2,1-6H3/q+1. The van der Waals surface area contributed by atoms with E-state index < -0.39 is 0 Å². The highest BCUT2D eigenvalue weighted by Gasteiger charge is 2.10. The van der Waals surface area contributed by atoms with E-state index in [-0.39, 0.29) is 0 Å². The van der Waals surface area contributed by atoms with E-state index in [1.165, 1.54) is 0 Å². The van der Waals surface area contributed by atoms with Gasteiger partial charge in [0.25, 0.3) is 0 Å². The molecule has 0 fully saturated rings. The number of quaternary nitrogens is 1. The molecule has 0 spiro atoms. The van der Waals surface area contributed by atoms with Gasteiger partial charge in [-0.2, -0.15) is 0 Å². The maximum atomic E-state index is 5.57. The van der Waals surface area contributed by atoms with Gasteiger partial charge >= 0.3 is 0 Å². The molecular weight excluding hydrogens is 162 g/mol. The minimum absolute atomic E-state index is 0.399. The molecule has 0 amide bonds. The van der Waals surface area contributed by atoms with Gasteiger partial charge in [0.2, 0.25) is 0 Å². The summed E-state index contributed by atoms with van der Waals surface area (Å²) < 4.78 is 6.55. The van der Waals surface area contributed by atoms with Crippen molar-refractivity contribution in [3.8, 4) is 0 Å². The number of hydrogen-bond donors (Lipinski definition) is 0. The van der Waals surface area contributed by atoms with Gasteiger partial charge in [-0.05, 0) is 11.8 Å². The second kappa shape index (κ2) is 4.97. The van der Waals surface area contributed by atoms with Gasteiger partial charge in [-0.25, -0.2) is 0 Å². The third kappa shape index (κ3) is 11.9. The minimum Gasteiger partial charge on any atom is -0.376 e. The van der Waals surface area contributed by atoms with Crippen molar-refractivity contribution in [1.29, 1.82) is 0 Å². The van der Waals surface area contributed by atoms with Gasteiger partial charge in [0, 0.05) is 6.61 Å². The van der Waals surface area contributed by atoms with Crippen LogP contribution in [0.4, 0.5) is 0 Å². The van der Waals surface area contributed by atoms with Gasteiger partial charge in [0.05, 0.1) is 27.7 Å². The van der Waals surface area contributed by atoms with Crippen molar-refractivity contribution in [3.05, 3.63) is 0 Å². The number of nitrogens with zero attached hydrogens (tertiary/aromatic N) is 1. The van der Waals surface area contributed by atoms with Crippen LogP contribution in [-0.4, -0.2) is 45.4 Å². The van der Waals surface area contributed by atoms with Crippen LogP contribution >= 0.6 is 0 Å². The van der Waals surface area contributed by atoms with E-state index in [2.05, 4.69) is 41.9 Å². The largest absolute Gasteiger partial charge is 0.376 e. The van der Waals surface area contributed by atoms with Crippen LogP contribution in [0.25, 0.3) is 0 Å². The van der Waals surface area contributed by atoms with Crippen LogP contribution in [0.5, 0.6) is 0 Å². The third-order valence-electron chi connectivity index (χ3n) is 1.90. The van der Waals surface area contributed by atoms with Crippen molar-refractivity contribution < 1.29 is 9.22 Å². The molecule has 80 valence electrons. The fourth-order valence-corrected chi connectivity index (χ4v) is 0.819. The Hall–Kier alpha value is -0.0800.